The van der Waals surface area contributed by atoms with E-state index >= 15 is 0 Å². The van der Waals surface area contributed by atoms with Crippen LogP contribution in [0.2, 0.25) is 0 Å². The predicted molar refractivity (Wildman–Crippen MR) is 126 cm³/mol. The van der Waals surface area contributed by atoms with Crippen LogP contribution in [0, 0.1) is 24.0 Å². The van der Waals surface area contributed by atoms with Crippen LogP contribution in [-0.4, -0.2) is 39.5 Å². The maximum atomic E-state index is 13.1. The monoisotopic (exact) mass is 441 g/mol. The van der Waals surface area contributed by atoms with E-state index < -0.39 is 4.92 Å². The molecule has 0 bridgehead atoms. The van der Waals surface area contributed by atoms with Crippen molar-refractivity contribution in [2.24, 2.45) is 4.99 Å². The fourth-order valence-corrected chi connectivity index (χ4v) is 4.38. The number of carbonyl (C=O) groups excluding carboxylic acids is 1. The van der Waals surface area contributed by atoms with Crippen molar-refractivity contribution < 1.29 is 9.72 Å². The first-order valence-corrected chi connectivity index (χ1v) is 11.7. The number of non-ortho nitro benzene ring substituents is 1. The van der Waals surface area contributed by atoms with Gasteiger partial charge in [-0.05, 0) is 85.0 Å². The van der Waals surface area contributed by atoms with Crippen LogP contribution in [0.5, 0.6) is 0 Å². The molecule has 0 unspecified atom stereocenters. The number of thioether (sulfide) groups is 2. The second-order valence-corrected chi connectivity index (χ2v) is 8.94. The number of hydrogen-bond acceptors (Lipinski definition) is 6. The van der Waals surface area contributed by atoms with Gasteiger partial charge in [0.15, 0.2) is 5.17 Å². The second kappa shape index (κ2) is 9.95. The second-order valence-electron chi connectivity index (χ2n) is 6.95. The zero-order valence-corrected chi connectivity index (χ0v) is 18.8. The number of aliphatic imine (C=N–C) groups is 1. The fourth-order valence-electron chi connectivity index (χ4n) is 2.94. The van der Waals surface area contributed by atoms with Crippen molar-refractivity contribution in [1.29, 1.82) is 0 Å². The average molecular weight is 442 g/mol. The van der Waals surface area contributed by atoms with E-state index in [4.69, 9.17) is 4.99 Å². The lowest BCUT2D eigenvalue weighted by atomic mass is 10.1. The molecule has 1 heterocycles. The van der Waals surface area contributed by atoms with Crippen LogP contribution in [0.3, 0.4) is 0 Å². The van der Waals surface area contributed by atoms with Crippen molar-refractivity contribution in [2.45, 2.75) is 20.3 Å². The summed E-state index contributed by atoms with van der Waals surface area (Å²) in [5.41, 5.74) is 3.80. The van der Waals surface area contributed by atoms with Crippen LogP contribution in [0.4, 0.5) is 11.4 Å². The molecule has 0 saturated carbocycles. The van der Waals surface area contributed by atoms with Crippen molar-refractivity contribution in [2.75, 3.05) is 18.6 Å². The first-order valence-electron chi connectivity index (χ1n) is 9.50. The van der Waals surface area contributed by atoms with Crippen molar-refractivity contribution in [3.05, 3.63) is 74.2 Å². The third-order valence-electron chi connectivity index (χ3n) is 4.60. The van der Waals surface area contributed by atoms with Gasteiger partial charge in [-0.2, -0.15) is 11.8 Å². The molecule has 1 aliphatic rings. The Morgan fingerprint density at radius 2 is 1.93 bits per heavy atom. The molecule has 3 rings (SSSR count). The summed E-state index contributed by atoms with van der Waals surface area (Å²) < 4.78 is 0. The molecule has 0 spiro atoms. The van der Waals surface area contributed by atoms with Gasteiger partial charge in [0.1, 0.15) is 0 Å². The molecule has 1 saturated heterocycles. The molecule has 2 aromatic rings. The Labute approximate surface area is 184 Å². The highest BCUT2D eigenvalue weighted by Gasteiger charge is 2.33. The van der Waals surface area contributed by atoms with E-state index in [0.29, 0.717) is 16.6 Å². The Morgan fingerprint density at radius 1 is 1.20 bits per heavy atom. The molecule has 1 aliphatic heterocycles. The third-order valence-corrected chi connectivity index (χ3v) is 6.30. The zero-order valence-electron chi connectivity index (χ0n) is 17.1. The van der Waals surface area contributed by atoms with Crippen LogP contribution in [0.1, 0.15) is 23.1 Å². The van der Waals surface area contributed by atoms with E-state index in [-0.39, 0.29) is 11.6 Å². The maximum Gasteiger partial charge on any atom is 0.269 e. The van der Waals surface area contributed by atoms with Gasteiger partial charge in [-0.3, -0.25) is 19.8 Å². The minimum Gasteiger partial charge on any atom is -0.286 e. The van der Waals surface area contributed by atoms with Crippen LogP contribution >= 0.6 is 23.5 Å². The lowest BCUT2D eigenvalue weighted by molar-refractivity contribution is -0.384. The summed E-state index contributed by atoms with van der Waals surface area (Å²) in [6, 6.07) is 12.3. The Morgan fingerprint density at radius 3 is 2.60 bits per heavy atom. The molecule has 0 N–H and O–H groups in total. The van der Waals surface area contributed by atoms with E-state index in [1.807, 2.05) is 38.3 Å². The lowest BCUT2D eigenvalue weighted by Gasteiger charge is -2.15. The van der Waals surface area contributed by atoms with E-state index in [1.54, 1.807) is 34.9 Å². The largest absolute Gasteiger partial charge is 0.286 e. The van der Waals surface area contributed by atoms with Crippen LogP contribution in [-0.2, 0) is 4.79 Å². The summed E-state index contributed by atoms with van der Waals surface area (Å²) in [7, 11) is 0. The predicted octanol–water partition coefficient (Wildman–Crippen LogP) is 5.57. The standard InChI is InChI=1S/C22H23N3O3S2/c1-15-5-6-16(2)19(13-15)23-22-24(11-4-12-29-3)21(26)20(30-22)14-17-7-9-18(10-8-17)25(27)28/h5-10,13-14H,4,11-12H2,1-3H3/b20-14+,23-22?. The summed E-state index contributed by atoms with van der Waals surface area (Å²) >= 11 is 3.10. The molecule has 1 fully saturated rings. The highest BCUT2D eigenvalue weighted by Crippen LogP contribution is 2.35. The highest BCUT2D eigenvalue weighted by molar-refractivity contribution is 8.18. The minimum atomic E-state index is -0.436. The summed E-state index contributed by atoms with van der Waals surface area (Å²) in [6.07, 6.45) is 4.69. The number of nitro groups is 1. The number of aryl methyl sites for hydroxylation is 2. The summed E-state index contributed by atoms with van der Waals surface area (Å²) in [6.45, 7) is 4.63. The van der Waals surface area contributed by atoms with Gasteiger partial charge in [-0.15, -0.1) is 0 Å². The van der Waals surface area contributed by atoms with Gasteiger partial charge < -0.3 is 0 Å². The number of carbonyl (C=O) groups is 1. The fraction of sp³-hybridized carbons (Fsp3) is 0.273. The SMILES string of the molecule is CSCCCN1C(=O)/C(=C\c2ccc([N+](=O)[O-])cc2)SC1=Nc1cc(C)ccc1C. The van der Waals surface area contributed by atoms with Crippen LogP contribution < -0.4 is 0 Å². The van der Waals surface area contributed by atoms with E-state index in [1.165, 1.54) is 23.9 Å². The lowest BCUT2D eigenvalue weighted by Crippen LogP contribution is -2.30. The molecule has 6 nitrogen and oxygen atoms in total. The molecule has 30 heavy (non-hydrogen) atoms. The molecule has 0 atom stereocenters. The van der Waals surface area contributed by atoms with E-state index in [0.717, 1.165) is 34.6 Å². The Bertz CT molecular complexity index is 1020. The molecule has 0 aliphatic carbocycles. The number of benzene rings is 2. The number of nitro benzene ring substituents is 1. The van der Waals surface area contributed by atoms with Gasteiger partial charge in [0.25, 0.3) is 11.6 Å². The number of nitrogens with zero attached hydrogens (tertiary/aromatic N) is 3. The Hall–Kier alpha value is -2.58. The van der Waals surface area contributed by atoms with Crippen molar-refractivity contribution >= 4 is 52.0 Å². The molecule has 1 amide bonds. The molecule has 156 valence electrons. The van der Waals surface area contributed by atoms with Crippen molar-refractivity contribution in [3.63, 3.8) is 0 Å². The first-order chi connectivity index (χ1) is 14.4. The molecule has 2 aromatic carbocycles. The molecule has 0 aromatic heterocycles. The molecule has 8 heteroatoms. The third kappa shape index (κ3) is 5.31. The highest BCUT2D eigenvalue weighted by atomic mass is 32.2. The topological polar surface area (TPSA) is 75.8 Å². The number of rotatable bonds is 7. The summed E-state index contributed by atoms with van der Waals surface area (Å²) in [5.74, 6) is 0.885. The quantitative estimate of drug-likeness (QED) is 0.243. The molecule has 0 radical (unpaired) electrons. The first kappa shape index (κ1) is 22.1. The van der Waals surface area contributed by atoms with E-state index in [9.17, 15) is 14.9 Å². The van der Waals surface area contributed by atoms with E-state index in [2.05, 4.69) is 0 Å². The smallest absolute Gasteiger partial charge is 0.269 e. The van der Waals surface area contributed by atoms with Gasteiger partial charge in [-0.25, -0.2) is 4.99 Å². The van der Waals surface area contributed by atoms with Crippen molar-refractivity contribution in [1.82, 2.24) is 4.90 Å². The van der Waals surface area contributed by atoms with Gasteiger partial charge in [-0.1, -0.05) is 12.1 Å². The average Bonchev–Trinajstić information content (AvgIpc) is 3.00. The van der Waals surface area contributed by atoms with Gasteiger partial charge >= 0.3 is 0 Å². The van der Waals surface area contributed by atoms with Gasteiger partial charge in [0, 0.05) is 18.7 Å². The molecular formula is C22H23N3O3S2. The summed E-state index contributed by atoms with van der Waals surface area (Å²) in [4.78, 5) is 30.6. The zero-order chi connectivity index (χ0) is 21.7. The number of amides is 1. The van der Waals surface area contributed by atoms with Crippen LogP contribution in [0.25, 0.3) is 6.08 Å². The summed E-state index contributed by atoms with van der Waals surface area (Å²) in [5, 5.41) is 11.5. The molecular weight excluding hydrogens is 418 g/mol. The minimum absolute atomic E-state index is 0.0263. The Kier molecular flexibility index (Phi) is 7.33. The Balaban J connectivity index is 1.93. The normalized spacial score (nSPS) is 16.6. The van der Waals surface area contributed by atoms with Crippen molar-refractivity contribution in [3.8, 4) is 0 Å². The number of amidine groups is 1. The van der Waals surface area contributed by atoms with Gasteiger partial charge in [0.2, 0.25) is 0 Å². The van der Waals surface area contributed by atoms with Gasteiger partial charge in [0.05, 0.1) is 15.5 Å². The maximum absolute atomic E-state index is 13.1. The van der Waals surface area contributed by atoms with Crippen LogP contribution in [0.15, 0.2) is 52.4 Å². The number of hydrogen-bond donors (Lipinski definition) is 0.